The molecule has 0 bridgehead atoms. The third kappa shape index (κ3) is 7.48. The molecule has 1 aliphatic heterocycles. The third-order valence-electron chi connectivity index (χ3n) is 3.32. The highest BCUT2D eigenvalue weighted by Crippen LogP contribution is 2.29. The Hall–Kier alpha value is -2.73. The molecule has 1 fully saturated rings. The van der Waals surface area contributed by atoms with Gasteiger partial charge in [0.25, 0.3) is 0 Å². The molecule has 1 heterocycles. The van der Waals surface area contributed by atoms with Gasteiger partial charge in [-0.15, -0.1) is 0 Å². The Labute approximate surface area is 159 Å². The van der Waals surface area contributed by atoms with E-state index in [1.165, 1.54) is 0 Å². The lowest BCUT2D eigenvalue weighted by Gasteiger charge is -2.43. The van der Waals surface area contributed by atoms with E-state index < -0.39 is 73.8 Å². The van der Waals surface area contributed by atoms with E-state index >= 15 is 0 Å². The minimum absolute atomic E-state index is 0.426. The van der Waals surface area contributed by atoms with E-state index in [1.807, 2.05) is 0 Å². The second kappa shape index (κ2) is 10.6. The Morgan fingerprint density at radius 2 is 1.29 bits per heavy atom. The summed E-state index contributed by atoms with van der Waals surface area (Å²) in [6.07, 6.45) is -6.87. The van der Waals surface area contributed by atoms with Crippen molar-refractivity contribution in [2.24, 2.45) is 0 Å². The van der Waals surface area contributed by atoms with Crippen LogP contribution in [0.3, 0.4) is 0 Å². The molecule has 1 rings (SSSR count). The van der Waals surface area contributed by atoms with Crippen molar-refractivity contribution >= 4 is 29.8 Å². The molecule has 0 aromatic heterocycles. The molecule has 0 aromatic carbocycles. The predicted molar refractivity (Wildman–Crippen MR) is 85.5 cm³/mol. The van der Waals surface area contributed by atoms with Gasteiger partial charge in [0.2, 0.25) is 0 Å². The first-order valence-electron chi connectivity index (χ1n) is 8.15. The largest absolute Gasteiger partial charge is 0.480 e. The van der Waals surface area contributed by atoms with E-state index in [4.69, 9.17) is 33.5 Å². The predicted octanol–water partition coefficient (Wildman–Crippen LogP) is -0.829. The second-order valence-corrected chi connectivity index (χ2v) is 5.77. The zero-order valence-corrected chi connectivity index (χ0v) is 15.7. The molecule has 0 amide bonds. The maximum absolute atomic E-state index is 11.6. The maximum atomic E-state index is 11.6. The number of hydrogen-bond donors (Lipinski definition) is 1. The number of carbonyl (C=O) groups excluding carboxylic acids is 4. The number of carbonyl (C=O) groups is 5. The van der Waals surface area contributed by atoms with E-state index in [-0.39, 0.29) is 0 Å². The molecular weight excluding hydrogens is 384 g/mol. The number of ether oxygens (including phenoxy) is 6. The quantitative estimate of drug-likeness (QED) is 0.394. The number of hydrogen-bond acceptors (Lipinski definition) is 11. The van der Waals surface area contributed by atoms with Gasteiger partial charge < -0.3 is 33.5 Å². The fourth-order valence-electron chi connectivity index (χ4n) is 2.48. The van der Waals surface area contributed by atoms with Crippen molar-refractivity contribution in [1.29, 1.82) is 0 Å². The molecule has 28 heavy (non-hydrogen) atoms. The smallest absolute Gasteiger partial charge is 0.329 e. The molecule has 158 valence electrons. The standard InChI is InChI=1S/C16H22O12/c1-7(17)23-5-11-13(25-8(2)18)14(26-9(3)19)15(27-10(4)20)16(28-11)24-6-12(21)22/h11,13-16H,5-6H2,1-4H3,(H,21,22)/t11-,13+,14+,15-,16-/m1/s1. The highest BCUT2D eigenvalue weighted by atomic mass is 16.7. The first-order valence-corrected chi connectivity index (χ1v) is 8.15. The molecular formula is C16H22O12. The summed E-state index contributed by atoms with van der Waals surface area (Å²) < 4.78 is 30.8. The summed E-state index contributed by atoms with van der Waals surface area (Å²) in [5.74, 6) is -4.39. The Morgan fingerprint density at radius 3 is 1.75 bits per heavy atom. The second-order valence-electron chi connectivity index (χ2n) is 5.77. The van der Waals surface area contributed by atoms with Gasteiger partial charge in [-0.3, -0.25) is 19.2 Å². The van der Waals surface area contributed by atoms with Gasteiger partial charge in [0.05, 0.1) is 0 Å². The van der Waals surface area contributed by atoms with Gasteiger partial charge in [-0.05, 0) is 0 Å². The molecule has 0 saturated carbocycles. The number of carboxylic acid groups (broad SMARTS) is 1. The Balaban J connectivity index is 3.26. The van der Waals surface area contributed by atoms with E-state index in [0.717, 1.165) is 27.7 Å². The van der Waals surface area contributed by atoms with Gasteiger partial charge >= 0.3 is 29.8 Å². The Morgan fingerprint density at radius 1 is 0.786 bits per heavy atom. The zero-order valence-electron chi connectivity index (χ0n) is 15.7. The molecule has 1 saturated heterocycles. The molecule has 0 aliphatic carbocycles. The summed E-state index contributed by atoms with van der Waals surface area (Å²) in [6, 6.07) is 0. The van der Waals surface area contributed by atoms with Gasteiger partial charge in [-0.25, -0.2) is 4.79 Å². The van der Waals surface area contributed by atoms with Crippen LogP contribution in [-0.2, 0) is 52.4 Å². The average Bonchev–Trinajstić information content (AvgIpc) is 2.54. The molecule has 0 unspecified atom stereocenters. The normalized spacial score (nSPS) is 26.6. The van der Waals surface area contributed by atoms with Crippen molar-refractivity contribution in [3.8, 4) is 0 Å². The van der Waals surface area contributed by atoms with Crippen molar-refractivity contribution < 1.29 is 57.5 Å². The van der Waals surface area contributed by atoms with Crippen LogP contribution in [0.25, 0.3) is 0 Å². The van der Waals surface area contributed by atoms with Crippen LogP contribution in [0.2, 0.25) is 0 Å². The first-order chi connectivity index (χ1) is 13.0. The third-order valence-corrected chi connectivity index (χ3v) is 3.32. The maximum Gasteiger partial charge on any atom is 0.329 e. The summed E-state index contributed by atoms with van der Waals surface area (Å²) in [6.45, 7) is 3.09. The van der Waals surface area contributed by atoms with Crippen molar-refractivity contribution in [3.05, 3.63) is 0 Å². The molecule has 0 radical (unpaired) electrons. The van der Waals surface area contributed by atoms with Crippen LogP contribution in [-0.4, -0.2) is 78.9 Å². The summed E-state index contributed by atoms with van der Waals surface area (Å²) >= 11 is 0. The molecule has 1 N–H and O–H groups in total. The van der Waals surface area contributed by atoms with Crippen LogP contribution in [0.4, 0.5) is 0 Å². The SMILES string of the molecule is CC(=O)OC[C@H]1O[C@@H](OCC(=O)O)[C@H](OC(C)=O)[C@@H](OC(C)=O)[C@H]1OC(C)=O. The Kier molecular flexibility index (Phi) is 8.79. The average molecular weight is 406 g/mol. The lowest BCUT2D eigenvalue weighted by atomic mass is 9.98. The van der Waals surface area contributed by atoms with Crippen LogP contribution >= 0.6 is 0 Å². The minimum Gasteiger partial charge on any atom is -0.480 e. The van der Waals surface area contributed by atoms with Crippen molar-refractivity contribution in [3.63, 3.8) is 0 Å². The van der Waals surface area contributed by atoms with Crippen LogP contribution in [0.1, 0.15) is 27.7 Å². The van der Waals surface area contributed by atoms with Crippen LogP contribution in [0.15, 0.2) is 0 Å². The number of esters is 4. The number of aliphatic carboxylic acids is 1. The molecule has 5 atom stereocenters. The molecule has 0 spiro atoms. The van der Waals surface area contributed by atoms with Gasteiger partial charge in [-0.1, -0.05) is 0 Å². The van der Waals surface area contributed by atoms with Gasteiger partial charge in [0, 0.05) is 27.7 Å². The first kappa shape index (κ1) is 23.3. The van der Waals surface area contributed by atoms with E-state index in [1.54, 1.807) is 0 Å². The highest BCUT2D eigenvalue weighted by Gasteiger charge is 2.52. The molecule has 12 heteroatoms. The zero-order chi connectivity index (χ0) is 21.4. The summed E-state index contributed by atoms with van der Waals surface area (Å²) in [5.41, 5.74) is 0. The monoisotopic (exact) mass is 406 g/mol. The van der Waals surface area contributed by atoms with E-state index in [9.17, 15) is 24.0 Å². The van der Waals surface area contributed by atoms with Gasteiger partial charge in [0.15, 0.2) is 24.6 Å². The molecule has 0 aromatic rings. The van der Waals surface area contributed by atoms with E-state index in [0.29, 0.717) is 0 Å². The summed E-state index contributed by atoms with van der Waals surface area (Å²) in [5, 5.41) is 8.82. The highest BCUT2D eigenvalue weighted by molar-refractivity contribution is 5.69. The van der Waals surface area contributed by atoms with Crippen molar-refractivity contribution in [2.45, 2.75) is 58.4 Å². The van der Waals surface area contributed by atoms with E-state index in [2.05, 4.69) is 0 Å². The summed E-state index contributed by atoms with van der Waals surface area (Å²) in [4.78, 5) is 56.5. The van der Waals surface area contributed by atoms with Crippen molar-refractivity contribution in [2.75, 3.05) is 13.2 Å². The molecule has 1 aliphatic rings. The topological polar surface area (TPSA) is 161 Å². The summed E-state index contributed by atoms with van der Waals surface area (Å²) in [7, 11) is 0. The van der Waals surface area contributed by atoms with Crippen LogP contribution < -0.4 is 0 Å². The number of rotatable bonds is 8. The lowest BCUT2D eigenvalue weighted by molar-refractivity contribution is -0.307. The minimum atomic E-state index is -1.50. The fourth-order valence-corrected chi connectivity index (χ4v) is 2.48. The van der Waals surface area contributed by atoms with Gasteiger partial charge in [-0.2, -0.15) is 0 Å². The molecule has 12 nitrogen and oxygen atoms in total. The lowest BCUT2D eigenvalue weighted by Crippen LogP contribution is -2.63. The fraction of sp³-hybridized carbons (Fsp3) is 0.688. The van der Waals surface area contributed by atoms with Crippen LogP contribution in [0.5, 0.6) is 0 Å². The Bertz CT molecular complexity index is 571. The van der Waals surface area contributed by atoms with Gasteiger partial charge in [0.1, 0.15) is 19.3 Å². The van der Waals surface area contributed by atoms with Crippen molar-refractivity contribution in [1.82, 2.24) is 0 Å². The number of carboxylic acids is 1. The van der Waals surface area contributed by atoms with Crippen LogP contribution in [0, 0.1) is 0 Å².